The summed E-state index contributed by atoms with van der Waals surface area (Å²) in [7, 11) is 0. The molecule has 0 spiro atoms. The van der Waals surface area contributed by atoms with E-state index >= 15 is 0 Å². The Labute approximate surface area is 109 Å². The molecule has 3 fully saturated rings. The van der Waals surface area contributed by atoms with Gasteiger partial charge in [-0.1, -0.05) is 12.8 Å². The van der Waals surface area contributed by atoms with Crippen molar-refractivity contribution < 1.29 is 9.90 Å². The van der Waals surface area contributed by atoms with Gasteiger partial charge in [-0.2, -0.15) is 0 Å². The molecule has 1 aliphatic carbocycles. The first-order chi connectivity index (χ1) is 8.74. The average Bonchev–Trinajstić information content (AvgIpc) is 2.84. The SMILES string of the molecule is O=C(C1CCC2CCCCC2N1)N1CCC(O)C1. The zero-order chi connectivity index (χ0) is 12.5. The highest BCUT2D eigenvalue weighted by Gasteiger charge is 2.37. The fourth-order valence-corrected chi connectivity index (χ4v) is 3.85. The van der Waals surface area contributed by atoms with Gasteiger partial charge in [0.1, 0.15) is 0 Å². The summed E-state index contributed by atoms with van der Waals surface area (Å²) in [5.74, 6) is 1.02. The molecule has 3 aliphatic rings. The molecule has 2 N–H and O–H groups in total. The first-order valence-corrected chi connectivity index (χ1v) is 7.47. The lowest BCUT2D eigenvalue weighted by Crippen LogP contribution is -2.55. The summed E-state index contributed by atoms with van der Waals surface area (Å²) in [5.41, 5.74) is 0. The van der Waals surface area contributed by atoms with Crippen molar-refractivity contribution in [3.63, 3.8) is 0 Å². The molecular weight excluding hydrogens is 228 g/mol. The van der Waals surface area contributed by atoms with E-state index in [-0.39, 0.29) is 18.1 Å². The predicted molar refractivity (Wildman–Crippen MR) is 69.1 cm³/mol. The van der Waals surface area contributed by atoms with Gasteiger partial charge in [-0.05, 0) is 38.0 Å². The van der Waals surface area contributed by atoms with Crippen molar-refractivity contribution in [3.05, 3.63) is 0 Å². The molecular formula is C14H24N2O2. The molecule has 4 nitrogen and oxygen atoms in total. The minimum atomic E-state index is -0.306. The normalized spacial score (nSPS) is 40.6. The third kappa shape index (κ3) is 2.41. The van der Waals surface area contributed by atoms with Crippen LogP contribution >= 0.6 is 0 Å². The number of hydrogen-bond acceptors (Lipinski definition) is 3. The minimum absolute atomic E-state index is 0.00894. The molecule has 2 heterocycles. The molecule has 0 bridgehead atoms. The zero-order valence-corrected chi connectivity index (χ0v) is 11.0. The smallest absolute Gasteiger partial charge is 0.239 e. The number of carbonyl (C=O) groups is 1. The van der Waals surface area contributed by atoms with Crippen LogP contribution in [0.5, 0.6) is 0 Å². The summed E-state index contributed by atoms with van der Waals surface area (Å²) in [6.07, 6.45) is 7.84. The Balaban J connectivity index is 1.58. The van der Waals surface area contributed by atoms with Crippen LogP contribution in [0.25, 0.3) is 0 Å². The highest BCUT2D eigenvalue weighted by Crippen LogP contribution is 2.32. The van der Waals surface area contributed by atoms with Crippen molar-refractivity contribution in [3.8, 4) is 0 Å². The number of amides is 1. The summed E-state index contributed by atoms with van der Waals surface area (Å²) in [6, 6.07) is 0.573. The molecule has 0 aromatic carbocycles. The lowest BCUT2D eigenvalue weighted by Gasteiger charge is -2.40. The Morgan fingerprint density at radius 3 is 2.72 bits per heavy atom. The summed E-state index contributed by atoms with van der Waals surface area (Å²) in [4.78, 5) is 14.2. The number of carbonyl (C=O) groups excluding carboxylic acids is 1. The van der Waals surface area contributed by atoms with Gasteiger partial charge in [-0.25, -0.2) is 0 Å². The summed E-state index contributed by atoms with van der Waals surface area (Å²) in [5, 5.41) is 13.1. The molecule has 0 aromatic rings. The number of aliphatic hydroxyl groups is 1. The van der Waals surface area contributed by atoms with Crippen molar-refractivity contribution in [2.75, 3.05) is 13.1 Å². The van der Waals surface area contributed by atoms with Crippen LogP contribution in [0.3, 0.4) is 0 Å². The molecule has 2 aliphatic heterocycles. The number of nitrogens with one attached hydrogen (secondary N) is 1. The van der Waals surface area contributed by atoms with Crippen LogP contribution in [-0.2, 0) is 4.79 Å². The van der Waals surface area contributed by atoms with Crippen molar-refractivity contribution in [1.82, 2.24) is 10.2 Å². The van der Waals surface area contributed by atoms with E-state index in [0.29, 0.717) is 12.6 Å². The first-order valence-electron chi connectivity index (χ1n) is 7.47. The van der Waals surface area contributed by atoms with Crippen LogP contribution in [0.4, 0.5) is 0 Å². The second-order valence-corrected chi connectivity index (χ2v) is 6.17. The average molecular weight is 252 g/mol. The summed E-state index contributed by atoms with van der Waals surface area (Å²) < 4.78 is 0. The number of likely N-dealkylation sites (tertiary alicyclic amines) is 1. The number of hydrogen-bond donors (Lipinski definition) is 2. The lowest BCUT2D eigenvalue weighted by molar-refractivity contribution is -0.134. The van der Waals surface area contributed by atoms with Crippen LogP contribution < -0.4 is 5.32 Å². The molecule has 4 heteroatoms. The Kier molecular flexibility index (Phi) is 3.57. The van der Waals surface area contributed by atoms with Gasteiger partial charge < -0.3 is 15.3 Å². The van der Waals surface area contributed by atoms with Crippen LogP contribution in [0.15, 0.2) is 0 Å². The zero-order valence-electron chi connectivity index (χ0n) is 11.0. The molecule has 4 unspecified atom stereocenters. The van der Waals surface area contributed by atoms with Gasteiger partial charge in [0, 0.05) is 19.1 Å². The number of piperidine rings is 1. The Morgan fingerprint density at radius 1 is 1.11 bits per heavy atom. The number of nitrogens with zero attached hydrogens (tertiary/aromatic N) is 1. The molecule has 2 saturated heterocycles. The second kappa shape index (κ2) is 5.17. The van der Waals surface area contributed by atoms with Gasteiger partial charge in [0.15, 0.2) is 0 Å². The van der Waals surface area contributed by atoms with E-state index in [1.165, 1.54) is 32.1 Å². The maximum absolute atomic E-state index is 12.4. The van der Waals surface area contributed by atoms with E-state index < -0.39 is 0 Å². The van der Waals surface area contributed by atoms with Gasteiger partial charge in [0.05, 0.1) is 12.1 Å². The first kappa shape index (κ1) is 12.4. The van der Waals surface area contributed by atoms with Crippen molar-refractivity contribution in [2.45, 2.75) is 63.1 Å². The molecule has 1 saturated carbocycles. The molecule has 102 valence electrons. The molecule has 18 heavy (non-hydrogen) atoms. The Hall–Kier alpha value is -0.610. The fourth-order valence-electron chi connectivity index (χ4n) is 3.85. The van der Waals surface area contributed by atoms with Crippen LogP contribution in [0, 0.1) is 5.92 Å². The van der Waals surface area contributed by atoms with Crippen molar-refractivity contribution >= 4 is 5.91 Å². The third-order valence-corrected chi connectivity index (χ3v) is 4.92. The lowest BCUT2D eigenvalue weighted by atomic mass is 9.77. The van der Waals surface area contributed by atoms with E-state index in [1.807, 2.05) is 4.90 Å². The van der Waals surface area contributed by atoms with Crippen LogP contribution in [-0.4, -0.2) is 47.2 Å². The topological polar surface area (TPSA) is 52.6 Å². The Bertz CT molecular complexity index is 321. The van der Waals surface area contributed by atoms with Gasteiger partial charge in [-0.15, -0.1) is 0 Å². The van der Waals surface area contributed by atoms with E-state index in [4.69, 9.17) is 0 Å². The van der Waals surface area contributed by atoms with E-state index in [0.717, 1.165) is 25.3 Å². The highest BCUT2D eigenvalue weighted by atomic mass is 16.3. The minimum Gasteiger partial charge on any atom is -0.391 e. The Morgan fingerprint density at radius 2 is 1.94 bits per heavy atom. The fraction of sp³-hybridized carbons (Fsp3) is 0.929. The van der Waals surface area contributed by atoms with Gasteiger partial charge in [-0.3, -0.25) is 4.79 Å². The monoisotopic (exact) mass is 252 g/mol. The number of aliphatic hydroxyl groups excluding tert-OH is 1. The maximum atomic E-state index is 12.4. The second-order valence-electron chi connectivity index (χ2n) is 6.17. The van der Waals surface area contributed by atoms with Gasteiger partial charge >= 0.3 is 0 Å². The van der Waals surface area contributed by atoms with Gasteiger partial charge in [0.25, 0.3) is 0 Å². The van der Waals surface area contributed by atoms with Crippen molar-refractivity contribution in [2.24, 2.45) is 5.92 Å². The maximum Gasteiger partial charge on any atom is 0.239 e. The molecule has 4 atom stereocenters. The standard InChI is InChI=1S/C14H24N2O2/c17-11-7-8-16(9-11)14(18)13-6-5-10-3-1-2-4-12(10)15-13/h10-13,15,17H,1-9H2. The predicted octanol–water partition coefficient (Wildman–Crippen LogP) is 0.890. The van der Waals surface area contributed by atoms with Crippen LogP contribution in [0.1, 0.15) is 44.9 Å². The van der Waals surface area contributed by atoms with E-state index in [1.54, 1.807) is 0 Å². The molecule has 3 rings (SSSR count). The largest absolute Gasteiger partial charge is 0.391 e. The van der Waals surface area contributed by atoms with E-state index in [2.05, 4.69) is 5.32 Å². The molecule has 1 amide bonds. The van der Waals surface area contributed by atoms with E-state index in [9.17, 15) is 9.90 Å². The van der Waals surface area contributed by atoms with Crippen molar-refractivity contribution in [1.29, 1.82) is 0 Å². The highest BCUT2D eigenvalue weighted by molar-refractivity contribution is 5.82. The number of rotatable bonds is 1. The quantitative estimate of drug-likeness (QED) is 0.729. The molecule has 0 radical (unpaired) electrons. The molecule has 0 aromatic heterocycles. The summed E-state index contributed by atoms with van der Waals surface area (Å²) >= 11 is 0. The van der Waals surface area contributed by atoms with Gasteiger partial charge in [0.2, 0.25) is 5.91 Å². The number of β-amino-alcohol motifs (C(OH)–C–C–N with tert-alkyl or cyclic N) is 1. The number of fused-ring (bicyclic) bond motifs is 1. The third-order valence-electron chi connectivity index (χ3n) is 4.92. The van der Waals surface area contributed by atoms with Crippen LogP contribution in [0.2, 0.25) is 0 Å². The summed E-state index contributed by atoms with van der Waals surface area (Å²) in [6.45, 7) is 1.26.